The maximum atomic E-state index is 13.4. The second-order valence-electron chi connectivity index (χ2n) is 4.96. The molecule has 1 aliphatic heterocycles. The average molecular weight is 337 g/mol. The van der Waals surface area contributed by atoms with Crippen molar-refractivity contribution < 1.29 is 18.7 Å². The lowest BCUT2D eigenvalue weighted by Gasteiger charge is -2.32. The predicted octanol–water partition coefficient (Wildman–Crippen LogP) is 2.90. The van der Waals surface area contributed by atoms with E-state index < -0.39 is 5.82 Å². The summed E-state index contributed by atoms with van der Waals surface area (Å²) in [4.78, 5) is 18.3. The van der Waals surface area contributed by atoms with Crippen LogP contribution in [-0.2, 0) is 4.74 Å². The minimum atomic E-state index is -0.472. The molecule has 122 valence electrons. The number of hydrogen-bond donors (Lipinski definition) is 1. The van der Waals surface area contributed by atoms with Gasteiger partial charge in [-0.2, -0.15) is 0 Å². The van der Waals surface area contributed by atoms with Crippen molar-refractivity contribution >= 4 is 23.1 Å². The predicted molar refractivity (Wildman–Crippen MR) is 84.4 cm³/mol. The molecule has 6 nitrogen and oxygen atoms in total. The van der Waals surface area contributed by atoms with Crippen LogP contribution in [0.2, 0.25) is 0 Å². The maximum Gasteiger partial charge on any atom is 0.322 e. The first-order chi connectivity index (χ1) is 11.2. The number of amides is 2. The van der Waals surface area contributed by atoms with E-state index in [4.69, 9.17) is 9.47 Å². The monoisotopic (exact) mass is 337 g/mol. The van der Waals surface area contributed by atoms with Crippen molar-refractivity contribution in [3.63, 3.8) is 0 Å². The van der Waals surface area contributed by atoms with Gasteiger partial charge in [0.1, 0.15) is 11.1 Å². The molecule has 0 bridgehead atoms. The molecule has 3 rings (SSSR count). The molecule has 0 spiro atoms. The Morgan fingerprint density at radius 1 is 1.57 bits per heavy atom. The standard InChI is InChI=1S/C15H16FN3O3S/c1-21-12-8-10(2-3-11(12)16)18-15(20)19-5-6-22-13(9-19)14-17-4-7-23-14/h2-4,7-8,13H,5-6,9H2,1H3,(H,18,20)/t13-/m1/s1. The summed E-state index contributed by atoms with van der Waals surface area (Å²) in [5.41, 5.74) is 0.477. The fourth-order valence-corrected chi connectivity index (χ4v) is 2.99. The van der Waals surface area contributed by atoms with Gasteiger partial charge in [-0.25, -0.2) is 14.2 Å². The quantitative estimate of drug-likeness (QED) is 0.935. The molecular weight excluding hydrogens is 321 g/mol. The highest BCUT2D eigenvalue weighted by molar-refractivity contribution is 7.09. The summed E-state index contributed by atoms with van der Waals surface area (Å²) in [6, 6.07) is 3.94. The third-order valence-corrected chi connectivity index (χ3v) is 4.35. The number of methoxy groups -OCH3 is 1. The number of anilines is 1. The van der Waals surface area contributed by atoms with E-state index in [0.29, 0.717) is 25.4 Å². The number of rotatable bonds is 3. The molecule has 1 aromatic heterocycles. The molecule has 0 unspecified atom stereocenters. The first-order valence-electron chi connectivity index (χ1n) is 7.08. The molecule has 1 aromatic carbocycles. The largest absolute Gasteiger partial charge is 0.494 e. The molecule has 2 aromatic rings. The Bertz CT molecular complexity index is 681. The lowest BCUT2D eigenvalue weighted by molar-refractivity contribution is -0.0135. The Morgan fingerprint density at radius 3 is 3.17 bits per heavy atom. The zero-order chi connectivity index (χ0) is 16.2. The molecule has 23 heavy (non-hydrogen) atoms. The summed E-state index contributed by atoms with van der Waals surface area (Å²) in [6.45, 7) is 1.37. The molecule has 0 radical (unpaired) electrons. The summed E-state index contributed by atoms with van der Waals surface area (Å²) in [7, 11) is 1.38. The van der Waals surface area contributed by atoms with Crippen molar-refractivity contribution in [1.82, 2.24) is 9.88 Å². The molecule has 2 heterocycles. The van der Waals surface area contributed by atoms with Crippen LogP contribution >= 0.6 is 11.3 Å². The average Bonchev–Trinajstić information content (AvgIpc) is 3.11. The summed E-state index contributed by atoms with van der Waals surface area (Å²) < 4.78 is 24.0. The first-order valence-corrected chi connectivity index (χ1v) is 7.96. The number of thiazole rings is 1. The number of hydrogen-bond acceptors (Lipinski definition) is 5. The number of ether oxygens (including phenoxy) is 2. The zero-order valence-electron chi connectivity index (χ0n) is 12.5. The first kappa shape index (κ1) is 15.7. The normalized spacial score (nSPS) is 17.8. The van der Waals surface area contributed by atoms with Crippen molar-refractivity contribution in [2.75, 3.05) is 32.1 Å². The lowest BCUT2D eigenvalue weighted by atomic mass is 10.2. The van der Waals surface area contributed by atoms with Crippen LogP contribution in [0, 0.1) is 5.82 Å². The van der Waals surface area contributed by atoms with Crippen molar-refractivity contribution in [3.05, 3.63) is 40.6 Å². The summed E-state index contributed by atoms with van der Waals surface area (Å²) >= 11 is 1.50. The molecule has 1 N–H and O–H groups in total. The number of halogens is 1. The van der Waals surface area contributed by atoms with Gasteiger partial charge in [0.05, 0.1) is 20.3 Å². The van der Waals surface area contributed by atoms with Crippen molar-refractivity contribution in [3.8, 4) is 5.75 Å². The van der Waals surface area contributed by atoms with Gasteiger partial charge in [-0.05, 0) is 12.1 Å². The van der Waals surface area contributed by atoms with Crippen molar-refractivity contribution in [1.29, 1.82) is 0 Å². The number of urea groups is 1. The minimum absolute atomic E-state index is 0.0884. The van der Waals surface area contributed by atoms with E-state index in [9.17, 15) is 9.18 Å². The van der Waals surface area contributed by atoms with E-state index in [1.807, 2.05) is 5.38 Å². The van der Waals surface area contributed by atoms with Gasteiger partial charge in [0.25, 0.3) is 0 Å². The molecule has 1 aliphatic rings. The topological polar surface area (TPSA) is 63.7 Å². The fourth-order valence-electron chi connectivity index (χ4n) is 2.32. The molecule has 0 saturated carbocycles. The van der Waals surface area contributed by atoms with Crippen LogP contribution in [0.25, 0.3) is 0 Å². The number of aromatic nitrogens is 1. The Kier molecular flexibility index (Phi) is 4.73. The van der Waals surface area contributed by atoms with Crippen LogP contribution in [0.3, 0.4) is 0 Å². The number of nitrogens with zero attached hydrogens (tertiary/aromatic N) is 2. The minimum Gasteiger partial charge on any atom is -0.494 e. The van der Waals surface area contributed by atoms with Crippen LogP contribution < -0.4 is 10.1 Å². The second-order valence-corrected chi connectivity index (χ2v) is 5.88. The third-order valence-electron chi connectivity index (χ3n) is 3.48. The maximum absolute atomic E-state index is 13.4. The molecule has 8 heteroatoms. The third kappa shape index (κ3) is 3.59. The number of carbonyl (C=O) groups excluding carboxylic acids is 1. The number of carbonyl (C=O) groups is 1. The van der Waals surface area contributed by atoms with Gasteiger partial charge in [0, 0.05) is 29.9 Å². The van der Waals surface area contributed by atoms with Crippen LogP contribution in [0.4, 0.5) is 14.9 Å². The van der Waals surface area contributed by atoms with Crippen LogP contribution in [0.1, 0.15) is 11.1 Å². The Labute approximate surface area is 136 Å². The SMILES string of the molecule is COc1cc(NC(=O)N2CCO[C@@H](c3nccs3)C2)ccc1F. The Balaban J connectivity index is 1.66. The van der Waals surface area contributed by atoms with Gasteiger partial charge < -0.3 is 19.7 Å². The van der Waals surface area contributed by atoms with Crippen LogP contribution in [0.5, 0.6) is 5.75 Å². The van der Waals surface area contributed by atoms with Gasteiger partial charge in [0.15, 0.2) is 11.6 Å². The molecule has 2 amide bonds. The highest BCUT2D eigenvalue weighted by Crippen LogP contribution is 2.25. The van der Waals surface area contributed by atoms with E-state index in [1.165, 1.54) is 36.6 Å². The lowest BCUT2D eigenvalue weighted by Crippen LogP contribution is -2.44. The van der Waals surface area contributed by atoms with Gasteiger partial charge in [-0.3, -0.25) is 0 Å². The van der Waals surface area contributed by atoms with Gasteiger partial charge in [-0.15, -0.1) is 11.3 Å². The second kappa shape index (κ2) is 6.93. The van der Waals surface area contributed by atoms with Crippen molar-refractivity contribution in [2.24, 2.45) is 0 Å². The van der Waals surface area contributed by atoms with Crippen LogP contribution in [-0.4, -0.2) is 42.7 Å². The number of morpholine rings is 1. The van der Waals surface area contributed by atoms with Crippen molar-refractivity contribution in [2.45, 2.75) is 6.10 Å². The van der Waals surface area contributed by atoms with E-state index in [-0.39, 0.29) is 17.9 Å². The smallest absolute Gasteiger partial charge is 0.322 e. The van der Waals surface area contributed by atoms with Crippen LogP contribution in [0.15, 0.2) is 29.8 Å². The fraction of sp³-hybridized carbons (Fsp3) is 0.333. The molecule has 1 saturated heterocycles. The summed E-state index contributed by atoms with van der Waals surface area (Å²) in [5.74, 6) is -0.383. The highest BCUT2D eigenvalue weighted by Gasteiger charge is 2.27. The molecule has 1 atom stereocenters. The summed E-state index contributed by atoms with van der Waals surface area (Å²) in [6.07, 6.45) is 1.50. The highest BCUT2D eigenvalue weighted by atomic mass is 32.1. The van der Waals surface area contributed by atoms with E-state index >= 15 is 0 Å². The number of nitrogens with one attached hydrogen (secondary N) is 1. The Morgan fingerprint density at radius 2 is 2.43 bits per heavy atom. The van der Waals surface area contributed by atoms with E-state index in [1.54, 1.807) is 11.1 Å². The Hall–Kier alpha value is -2.19. The van der Waals surface area contributed by atoms with E-state index in [0.717, 1.165) is 5.01 Å². The van der Waals surface area contributed by atoms with Gasteiger partial charge >= 0.3 is 6.03 Å². The number of benzene rings is 1. The molecule has 1 fully saturated rings. The van der Waals surface area contributed by atoms with Gasteiger partial charge in [0.2, 0.25) is 0 Å². The molecule has 0 aliphatic carbocycles. The molecular formula is C15H16FN3O3S. The summed E-state index contributed by atoms with van der Waals surface area (Å²) in [5, 5.41) is 5.48. The van der Waals surface area contributed by atoms with Gasteiger partial charge in [-0.1, -0.05) is 0 Å². The van der Waals surface area contributed by atoms with E-state index in [2.05, 4.69) is 10.3 Å². The zero-order valence-corrected chi connectivity index (χ0v) is 13.3.